The second kappa shape index (κ2) is 5.70. The van der Waals surface area contributed by atoms with E-state index < -0.39 is 0 Å². The number of hydrogen-bond acceptors (Lipinski definition) is 0. The van der Waals surface area contributed by atoms with Crippen LogP contribution < -0.4 is 0 Å². The minimum Gasteiger partial charge on any atom is -0.0914 e. The molecule has 2 bridgehead atoms. The molecule has 2 aliphatic rings. The van der Waals surface area contributed by atoms with Gasteiger partial charge in [0.05, 0.1) is 0 Å². The molecule has 0 nitrogen and oxygen atoms in total. The topological polar surface area (TPSA) is 0 Å². The van der Waals surface area contributed by atoms with Crippen LogP contribution in [0, 0.1) is 23.7 Å². The zero-order valence-corrected chi connectivity index (χ0v) is 10.9. The predicted molar refractivity (Wildman–Crippen MR) is 71.3 cm³/mol. The Labute approximate surface area is 101 Å². The Morgan fingerprint density at radius 2 is 1.06 bits per heavy atom. The SMILES string of the molecule is C/C=C/C1CC2CCC(C1)CC(/C=C/C)C2. The van der Waals surface area contributed by atoms with Gasteiger partial charge < -0.3 is 0 Å². The fourth-order valence-corrected chi connectivity index (χ4v) is 3.90. The van der Waals surface area contributed by atoms with Crippen molar-refractivity contribution in [3.05, 3.63) is 24.3 Å². The predicted octanol–water partition coefficient (Wildman–Crippen LogP) is 4.97. The number of rotatable bonds is 2. The van der Waals surface area contributed by atoms with Crippen LogP contribution in [0.3, 0.4) is 0 Å². The highest BCUT2D eigenvalue weighted by Gasteiger charge is 2.30. The lowest BCUT2D eigenvalue weighted by Crippen LogP contribution is -2.15. The van der Waals surface area contributed by atoms with E-state index in [4.69, 9.17) is 0 Å². The second-order valence-corrected chi connectivity index (χ2v) is 5.82. The van der Waals surface area contributed by atoms with E-state index in [0.29, 0.717) is 0 Å². The van der Waals surface area contributed by atoms with E-state index >= 15 is 0 Å². The van der Waals surface area contributed by atoms with Gasteiger partial charge in [-0.25, -0.2) is 0 Å². The van der Waals surface area contributed by atoms with E-state index in [1.54, 1.807) is 0 Å². The maximum absolute atomic E-state index is 2.46. The fourth-order valence-electron chi connectivity index (χ4n) is 3.90. The van der Waals surface area contributed by atoms with Crippen LogP contribution in [0.4, 0.5) is 0 Å². The Bertz CT molecular complexity index is 221. The third-order valence-corrected chi connectivity index (χ3v) is 4.46. The van der Waals surface area contributed by atoms with Gasteiger partial charge in [-0.3, -0.25) is 0 Å². The van der Waals surface area contributed by atoms with Crippen molar-refractivity contribution in [3.63, 3.8) is 0 Å². The highest BCUT2D eigenvalue weighted by atomic mass is 14.4. The molecule has 0 heteroatoms. The average Bonchev–Trinajstić information content (AvgIpc) is 2.50. The molecule has 0 heterocycles. The van der Waals surface area contributed by atoms with Crippen molar-refractivity contribution in [1.29, 1.82) is 0 Å². The van der Waals surface area contributed by atoms with Crippen molar-refractivity contribution in [2.45, 2.75) is 52.4 Å². The number of fused-ring (bicyclic) bond motifs is 3. The van der Waals surface area contributed by atoms with Crippen molar-refractivity contribution < 1.29 is 0 Å². The summed E-state index contributed by atoms with van der Waals surface area (Å²) in [5, 5.41) is 0. The van der Waals surface area contributed by atoms with Crippen LogP contribution >= 0.6 is 0 Å². The molecule has 0 aliphatic heterocycles. The summed E-state index contributed by atoms with van der Waals surface area (Å²) in [5.41, 5.74) is 0. The number of allylic oxidation sites excluding steroid dienone is 4. The van der Waals surface area contributed by atoms with Crippen LogP contribution in [0.1, 0.15) is 52.4 Å². The van der Waals surface area contributed by atoms with Gasteiger partial charge >= 0.3 is 0 Å². The van der Waals surface area contributed by atoms with Gasteiger partial charge in [-0.2, -0.15) is 0 Å². The standard InChI is InChI=1S/C16H26/c1-3-5-13-9-15-7-8-16(10-13)12-14(11-15)6-4-2/h3-6,13-16H,7-12H2,1-2H3/b5-3+,6-4+. The van der Waals surface area contributed by atoms with Gasteiger partial charge in [0, 0.05) is 0 Å². The Kier molecular flexibility index (Phi) is 4.26. The fraction of sp³-hybridized carbons (Fsp3) is 0.750. The minimum absolute atomic E-state index is 0.883. The average molecular weight is 218 g/mol. The van der Waals surface area contributed by atoms with Crippen LogP contribution in [0.5, 0.6) is 0 Å². The second-order valence-electron chi connectivity index (χ2n) is 5.82. The molecule has 90 valence electrons. The molecule has 0 atom stereocenters. The lowest BCUT2D eigenvalue weighted by atomic mass is 9.79. The maximum atomic E-state index is 2.46. The molecule has 0 amide bonds. The van der Waals surface area contributed by atoms with E-state index in [1.165, 1.54) is 38.5 Å². The first-order valence-corrected chi connectivity index (χ1v) is 7.07. The molecular formula is C16H26. The molecular weight excluding hydrogens is 192 g/mol. The molecule has 0 N–H and O–H groups in total. The molecule has 0 aromatic heterocycles. The van der Waals surface area contributed by atoms with Crippen LogP contribution in [-0.4, -0.2) is 0 Å². The molecule has 0 spiro atoms. The van der Waals surface area contributed by atoms with Gasteiger partial charge in [0.2, 0.25) is 0 Å². The Morgan fingerprint density at radius 1 is 0.688 bits per heavy atom. The monoisotopic (exact) mass is 218 g/mol. The van der Waals surface area contributed by atoms with E-state index in [0.717, 1.165) is 23.7 Å². The van der Waals surface area contributed by atoms with Crippen LogP contribution in [0.15, 0.2) is 24.3 Å². The van der Waals surface area contributed by atoms with Crippen molar-refractivity contribution in [1.82, 2.24) is 0 Å². The summed E-state index contributed by atoms with van der Waals surface area (Å²) in [6.07, 6.45) is 18.2. The van der Waals surface area contributed by atoms with Crippen molar-refractivity contribution in [2.24, 2.45) is 23.7 Å². The molecule has 16 heavy (non-hydrogen) atoms. The smallest absolute Gasteiger partial charge is 0.0228 e. The van der Waals surface area contributed by atoms with Gasteiger partial charge in [0.25, 0.3) is 0 Å². The highest BCUT2D eigenvalue weighted by molar-refractivity contribution is 4.96. The summed E-state index contributed by atoms with van der Waals surface area (Å²) in [6, 6.07) is 0. The minimum atomic E-state index is 0.883. The van der Waals surface area contributed by atoms with E-state index in [9.17, 15) is 0 Å². The third kappa shape index (κ3) is 2.99. The Hall–Kier alpha value is -0.520. The summed E-state index contributed by atoms with van der Waals surface area (Å²) in [7, 11) is 0. The first-order chi connectivity index (χ1) is 7.81. The van der Waals surface area contributed by atoms with E-state index in [2.05, 4.69) is 38.2 Å². The quantitative estimate of drug-likeness (QED) is 0.574. The normalized spacial score (nSPS) is 40.4. The maximum Gasteiger partial charge on any atom is -0.0228 e. The Balaban J connectivity index is 2.05. The summed E-state index contributed by atoms with van der Waals surface area (Å²) in [4.78, 5) is 0. The van der Waals surface area contributed by atoms with Crippen LogP contribution in [0.25, 0.3) is 0 Å². The molecule has 0 radical (unpaired) electrons. The first-order valence-electron chi connectivity index (χ1n) is 7.07. The van der Waals surface area contributed by atoms with Crippen molar-refractivity contribution in [3.8, 4) is 0 Å². The Morgan fingerprint density at radius 3 is 1.38 bits per heavy atom. The van der Waals surface area contributed by atoms with E-state index in [-0.39, 0.29) is 0 Å². The lowest BCUT2D eigenvalue weighted by Gasteiger charge is -2.26. The molecule has 2 saturated carbocycles. The summed E-state index contributed by atoms with van der Waals surface area (Å²) >= 11 is 0. The van der Waals surface area contributed by atoms with Gasteiger partial charge in [0.1, 0.15) is 0 Å². The van der Waals surface area contributed by atoms with Crippen molar-refractivity contribution in [2.75, 3.05) is 0 Å². The molecule has 0 aromatic carbocycles. The zero-order chi connectivity index (χ0) is 11.4. The van der Waals surface area contributed by atoms with Crippen molar-refractivity contribution >= 4 is 0 Å². The first kappa shape index (κ1) is 12.0. The van der Waals surface area contributed by atoms with Crippen LogP contribution in [0.2, 0.25) is 0 Å². The summed E-state index contributed by atoms with van der Waals surface area (Å²) in [6.45, 7) is 4.34. The molecule has 2 fully saturated rings. The summed E-state index contributed by atoms with van der Waals surface area (Å²) in [5.74, 6) is 3.76. The van der Waals surface area contributed by atoms with Gasteiger partial charge in [0.15, 0.2) is 0 Å². The summed E-state index contributed by atoms with van der Waals surface area (Å²) < 4.78 is 0. The van der Waals surface area contributed by atoms with Crippen LogP contribution in [-0.2, 0) is 0 Å². The molecule has 0 aromatic rings. The third-order valence-electron chi connectivity index (χ3n) is 4.46. The van der Waals surface area contributed by atoms with E-state index in [1.807, 2.05) is 0 Å². The van der Waals surface area contributed by atoms with Gasteiger partial charge in [-0.15, -0.1) is 0 Å². The molecule has 0 saturated heterocycles. The lowest BCUT2D eigenvalue weighted by molar-refractivity contribution is 0.299. The highest BCUT2D eigenvalue weighted by Crippen LogP contribution is 2.43. The molecule has 2 rings (SSSR count). The van der Waals surface area contributed by atoms with Gasteiger partial charge in [-0.1, -0.05) is 37.1 Å². The molecule has 0 unspecified atom stereocenters. The largest absolute Gasteiger partial charge is 0.0914 e. The number of hydrogen-bond donors (Lipinski definition) is 0. The van der Waals surface area contributed by atoms with Gasteiger partial charge in [-0.05, 0) is 63.2 Å². The zero-order valence-electron chi connectivity index (χ0n) is 10.9. The molecule has 2 aliphatic carbocycles.